The second-order valence-corrected chi connectivity index (χ2v) is 5.47. The maximum absolute atomic E-state index is 13.3. The zero-order chi connectivity index (χ0) is 16.3. The van der Waals surface area contributed by atoms with Gasteiger partial charge in [0, 0.05) is 20.6 Å². The first kappa shape index (κ1) is 16.1. The molecule has 1 aromatic heterocycles. The van der Waals surface area contributed by atoms with Gasteiger partial charge in [-0.15, -0.1) is 0 Å². The lowest BCUT2D eigenvalue weighted by Gasteiger charge is -2.24. The summed E-state index contributed by atoms with van der Waals surface area (Å²) in [4.78, 5) is 16.5. The number of hydrogen-bond donors (Lipinski definition) is 1. The Balaban J connectivity index is 2.18. The molecule has 0 radical (unpaired) electrons. The molecule has 0 aliphatic rings. The summed E-state index contributed by atoms with van der Waals surface area (Å²) in [6, 6.07) is 6.47. The third-order valence-corrected chi connectivity index (χ3v) is 3.41. The smallest absolute Gasteiger partial charge is 0.229 e. The van der Waals surface area contributed by atoms with Crippen molar-refractivity contribution >= 4 is 11.9 Å². The van der Waals surface area contributed by atoms with Gasteiger partial charge in [-0.05, 0) is 31.7 Å². The molecule has 22 heavy (non-hydrogen) atoms. The van der Waals surface area contributed by atoms with Crippen molar-refractivity contribution < 1.29 is 4.39 Å². The molecule has 0 spiro atoms. The van der Waals surface area contributed by atoms with E-state index in [-0.39, 0.29) is 17.8 Å². The maximum atomic E-state index is 13.3. The number of halogens is 1. The predicted molar refractivity (Wildman–Crippen MR) is 84.8 cm³/mol. The van der Waals surface area contributed by atoms with Crippen LogP contribution in [0.4, 0.5) is 16.3 Å². The Morgan fingerprint density at radius 3 is 2.55 bits per heavy atom. The van der Waals surface area contributed by atoms with Gasteiger partial charge in [-0.2, -0.15) is 15.0 Å². The van der Waals surface area contributed by atoms with Crippen LogP contribution >= 0.6 is 0 Å². The summed E-state index contributed by atoms with van der Waals surface area (Å²) in [7, 11) is 5.63. The number of nitrogens with zero attached hydrogens (tertiary/aromatic N) is 5. The molecule has 0 amide bonds. The summed E-state index contributed by atoms with van der Waals surface area (Å²) in [5.41, 5.74) is 6.64. The molecule has 1 atom stereocenters. The van der Waals surface area contributed by atoms with E-state index >= 15 is 0 Å². The number of nitrogens with two attached hydrogens (primary N) is 1. The van der Waals surface area contributed by atoms with E-state index in [4.69, 9.17) is 5.73 Å². The van der Waals surface area contributed by atoms with Crippen LogP contribution < -0.4 is 10.6 Å². The number of benzene rings is 1. The van der Waals surface area contributed by atoms with Gasteiger partial charge in [-0.25, -0.2) is 4.39 Å². The minimum absolute atomic E-state index is 0.0766. The van der Waals surface area contributed by atoms with Gasteiger partial charge in [0.1, 0.15) is 5.82 Å². The van der Waals surface area contributed by atoms with Crippen molar-refractivity contribution in [2.45, 2.75) is 19.5 Å². The lowest BCUT2D eigenvalue weighted by molar-refractivity contribution is 0.243. The van der Waals surface area contributed by atoms with Crippen LogP contribution in [0.2, 0.25) is 0 Å². The van der Waals surface area contributed by atoms with Crippen LogP contribution in [0.25, 0.3) is 0 Å². The van der Waals surface area contributed by atoms with Crippen molar-refractivity contribution in [1.29, 1.82) is 0 Å². The molecule has 0 unspecified atom stereocenters. The average Bonchev–Trinajstić information content (AvgIpc) is 2.45. The Kier molecular flexibility index (Phi) is 4.87. The first-order chi connectivity index (χ1) is 10.4. The standard InChI is InChI=1S/C15H21FN6/c1-10(13-18-14(17)20-15(19-13)21(2)3)22(4)9-11-6-5-7-12(16)8-11/h5-8,10H,9H2,1-4H3,(H2,17,18,19,20)/t10-/m0/s1. The average molecular weight is 304 g/mol. The van der Waals surface area contributed by atoms with E-state index in [9.17, 15) is 4.39 Å². The van der Waals surface area contributed by atoms with Gasteiger partial charge in [-0.1, -0.05) is 12.1 Å². The van der Waals surface area contributed by atoms with E-state index in [1.807, 2.05) is 39.0 Å². The van der Waals surface area contributed by atoms with Crippen molar-refractivity contribution in [3.05, 3.63) is 41.5 Å². The molecule has 118 valence electrons. The SMILES string of the molecule is C[C@@H](c1nc(N)nc(N(C)C)n1)N(C)Cc1cccc(F)c1. The number of hydrogen-bond acceptors (Lipinski definition) is 6. The Morgan fingerprint density at radius 1 is 1.18 bits per heavy atom. The molecular weight excluding hydrogens is 283 g/mol. The monoisotopic (exact) mass is 304 g/mol. The van der Waals surface area contributed by atoms with Crippen molar-refractivity contribution in [3.63, 3.8) is 0 Å². The third-order valence-electron chi connectivity index (χ3n) is 3.41. The fraction of sp³-hybridized carbons (Fsp3) is 0.400. The zero-order valence-corrected chi connectivity index (χ0v) is 13.3. The predicted octanol–water partition coefficient (Wildman–Crippen LogP) is 1.85. The van der Waals surface area contributed by atoms with Crippen LogP contribution in [0.3, 0.4) is 0 Å². The second-order valence-electron chi connectivity index (χ2n) is 5.47. The molecule has 1 heterocycles. The summed E-state index contributed by atoms with van der Waals surface area (Å²) in [6.45, 7) is 2.56. The molecule has 0 saturated carbocycles. The van der Waals surface area contributed by atoms with Crippen LogP contribution in [-0.2, 0) is 6.54 Å². The Morgan fingerprint density at radius 2 is 1.91 bits per heavy atom. The van der Waals surface area contributed by atoms with Crippen LogP contribution in [0.15, 0.2) is 24.3 Å². The fourth-order valence-electron chi connectivity index (χ4n) is 2.04. The quantitative estimate of drug-likeness (QED) is 0.909. The normalized spacial score (nSPS) is 12.5. The van der Waals surface area contributed by atoms with Crippen LogP contribution in [-0.4, -0.2) is 41.0 Å². The molecule has 6 nitrogen and oxygen atoms in total. The molecule has 0 saturated heterocycles. The Bertz CT molecular complexity index is 646. The van der Waals surface area contributed by atoms with E-state index < -0.39 is 0 Å². The van der Waals surface area contributed by atoms with Gasteiger partial charge < -0.3 is 10.6 Å². The number of rotatable bonds is 5. The lowest BCUT2D eigenvalue weighted by atomic mass is 10.2. The van der Waals surface area contributed by atoms with Gasteiger partial charge in [0.2, 0.25) is 11.9 Å². The van der Waals surface area contributed by atoms with Gasteiger partial charge in [0.05, 0.1) is 6.04 Å². The Labute approximate surface area is 129 Å². The highest BCUT2D eigenvalue weighted by Gasteiger charge is 2.17. The van der Waals surface area contributed by atoms with Gasteiger partial charge in [0.15, 0.2) is 5.82 Å². The van der Waals surface area contributed by atoms with Crippen LogP contribution in [0.1, 0.15) is 24.4 Å². The first-order valence-corrected chi connectivity index (χ1v) is 7.00. The van der Waals surface area contributed by atoms with Crippen molar-refractivity contribution in [2.24, 2.45) is 0 Å². The lowest BCUT2D eigenvalue weighted by Crippen LogP contribution is -2.25. The number of aromatic nitrogens is 3. The largest absolute Gasteiger partial charge is 0.368 e. The molecule has 0 fully saturated rings. The highest BCUT2D eigenvalue weighted by molar-refractivity contribution is 5.33. The van der Waals surface area contributed by atoms with Gasteiger partial charge in [-0.3, -0.25) is 4.90 Å². The number of nitrogen functional groups attached to an aromatic ring is 1. The van der Waals surface area contributed by atoms with E-state index in [0.29, 0.717) is 18.3 Å². The summed E-state index contributed by atoms with van der Waals surface area (Å²) < 4.78 is 13.3. The molecule has 2 rings (SSSR count). The van der Waals surface area contributed by atoms with E-state index in [0.717, 1.165) is 5.56 Å². The minimum Gasteiger partial charge on any atom is -0.368 e. The van der Waals surface area contributed by atoms with Crippen LogP contribution in [0.5, 0.6) is 0 Å². The van der Waals surface area contributed by atoms with Gasteiger partial charge in [0.25, 0.3) is 0 Å². The summed E-state index contributed by atoms with van der Waals surface area (Å²) >= 11 is 0. The summed E-state index contributed by atoms with van der Waals surface area (Å²) in [5.74, 6) is 1.07. The minimum atomic E-state index is -0.238. The molecule has 2 aromatic rings. The molecule has 7 heteroatoms. The zero-order valence-electron chi connectivity index (χ0n) is 13.3. The Hall–Kier alpha value is -2.28. The van der Waals surface area contributed by atoms with E-state index in [1.165, 1.54) is 12.1 Å². The van der Waals surface area contributed by atoms with E-state index in [1.54, 1.807) is 11.0 Å². The highest BCUT2D eigenvalue weighted by Crippen LogP contribution is 2.20. The molecule has 0 bridgehead atoms. The van der Waals surface area contributed by atoms with Gasteiger partial charge >= 0.3 is 0 Å². The molecule has 1 aromatic carbocycles. The summed E-state index contributed by atoms with van der Waals surface area (Å²) in [5, 5.41) is 0. The topological polar surface area (TPSA) is 71.2 Å². The highest BCUT2D eigenvalue weighted by atomic mass is 19.1. The van der Waals surface area contributed by atoms with E-state index in [2.05, 4.69) is 15.0 Å². The maximum Gasteiger partial charge on any atom is 0.229 e. The molecular formula is C15H21FN6. The molecule has 2 N–H and O–H groups in total. The van der Waals surface area contributed by atoms with Crippen molar-refractivity contribution in [3.8, 4) is 0 Å². The third kappa shape index (κ3) is 3.88. The van der Waals surface area contributed by atoms with Crippen LogP contribution in [0, 0.1) is 5.82 Å². The molecule has 0 aliphatic heterocycles. The number of anilines is 2. The first-order valence-electron chi connectivity index (χ1n) is 7.00. The second kappa shape index (κ2) is 6.65. The molecule has 0 aliphatic carbocycles. The van der Waals surface area contributed by atoms with Crippen molar-refractivity contribution in [2.75, 3.05) is 31.8 Å². The van der Waals surface area contributed by atoms with Crippen molar-refractivity contribution in [1.82, 2.24) is 19.9 Å². The summed E-state index contributed by atoms with van der Waals surface area (Å²) in [6.07, 6.45) is 0. The fourth-order valence-corrected chi connectivity index (χ4v) is 2.04.